The molecular weight excluding hydrogens is 321 g/mol. The Balaban J connectivity index is 1.80. The van der Waals surface area contributed by atoms with Crippen molar-refractivity contribution in [1.29, 1.82) is 0 Å². The first-order valence-corrected chi connectivity index (χ1v) is 7.71. The van der Waals surface area contributed by atoms with Gasteiger partial charge in [-0.15, -0.1) is 0 Å². The number of nitrogens with zero attached hydrogens (tertiary/aromatic N) is 3. The summed E-state index contributed by atoms with van der Waals surface area (Å²) in [6.07, 6.45) is -1.61. The molecule has 0 bridgehead atoms. The second kappa shape index (κ2) is 5.62. The second-order valence-electron chi connectivity index (χ2n) is 5.82. The lowest BCUT2D eigenvalue weighted by molar-refractivity contribution is -0.143. The number of hydrogen-bond donors (Lipinski definition) is 1. The third-order valence-electron chi connectivity index (χ3n) is 4.08. The third-order valence-corrected chi connectivity index (χ3v) is 4.08. The van der Waals surface area contributed by atoms with Crippen molar-refractivity contribution < 1.29 is 17.9 Å². The molecular formula is C16H15F3N4O. The normalized spacial score (nSPS) is 18.5. The van der Waals surface area contributed by atoms with Crippen LogP contribution in [-0.2, 0) is 11.3 Å². The minimum Gasteiger partial charge on any atom is -0.370 e. The van der Waals surface area contributed by atoms with Crippen molar-refractivity contribution in [2.75, 3.05) is 6.61 Å². The van der Waals surface area contributed by atoms with Crippen molar-refractivity contribution in [3.8, 4) is 11.4 Å². The van der Waals surface area contributed by atoms with Crippen LogP contribution in [0.1, 0.15) is 24.8 Å². The summed E-state index contributed by atoms with van der Waals surface area (Å²) < 4.78 is 45.1. The van der Waals surface area contributed by atoms with Gasteiger partial charge in [-0.1, -0.05) is 18.2 Å². The van der Waals surface area contributed by atoms with Gasteiger partial charge in [0.1, 0.15) is 12.6 Å². The molecule has 126 valence electrons. The van der Waals surface area contributed by atoms with Gasteiger partial charge in [0.25, 0.3) is 0 Å². The zero-order valence-corrected chi connectivity index (χ0v) is 12.7. The highest BCUT2D eigenvalue weighted by atomic mass is 19.4. The van der Waals surface area contributed by atoms with E-state index in [1.807, 2.05) is 24.3 Å². The fourth-order valence-electron chi connectivity index (χ4n) is 3.03. The van der Waals surface area contributed by atoms with Crippen LogP contribution >= 0.6 is 0 Å². The molecule has 1 aromatic carbocycles. The van der Waals surface area contributed by atoms with Crippen LogP contribution in [0, 0.1) is 0 Å². The van der Waals surface area contributed by atoms with Gasteiger partial charge in [-0.2, -0.15) is 18.3 Å². The average molecular weight is 336 g/mol. The quantitative estimate of drug-likeness (QED) is 0.791. The first-order chi connectivity index (χ1) is 11.5. The van der Waals surface area contributed by atoms with E-state index in [-0.39, 0.29) is 11.6 Å². The zero-order valence-electron chi connectivity index (χ0n) is 12.7. The standard InChI is InChI=1S/C16H15F3N4O/c17-16(18,19)9-23-15(13-6-3-7-24-13)21-14(22-23)11-8-20-12-5-2-1-4-10(11)12/h1-2,4-5,8,13,20H,3,6-7,9H2/t13-/m0/s1. The third kappa shape index (κ3) is 2.77. The van der Waals surface area contributed by atoms with Crippen LogP contribution in [0.3, 0.4) is 0 Å². The Labute approximate surface area is 135 Å². The highest BCUT2D eigenvalue weighted by Gasteiger charge is 2.33. The van der Waals surface area contributed by atoms with Gasteiger partial charge in [-0.05, 0) is 18.9 Å². The monoisotopic (exact) mass is 336 g/mol. The molecule has 1 atom stereocenters. The zero-order chi connectivity index (χ0) is 16.7. The maximum absolute atomic E-state index is 12.9. The molecule has 0 unspecified atom stereocenters. The summed E-state index contributed by atoms with van der Waals surface area (Å²) in [4.78, 5) is 7.47. The first-order valence-electron chi connectivity index (χ1n) is 7.71. The van der Waals surface area contributed by atoms with E-state index in [9.17, 15) is 13.2 Å². The molecule has 3 aromatic rings. The lowest BCUT2D eigenvalue weighted by atomic mass is 10.1. The summed E-state index contributed by atoms with van der Waals surface area (Å²) in [6.45, 7) is -0.635. The molecule has 0 saturated carbocycles. The average Bonchev–Trinajstić information content (AvgIpc) is 3.24. The Morgan fingerprint density at radius 3 is 2.88 bits per heavy atom. The predicted octanol–water partition coefficient (Wildman–Crippen LogP) is 3.84. The molecule has 0 aliphatic carbocycles. The van der Waals surface area contributed by atoms with Crippen molar-refractivity contribution in [3.05, 3.63) is 36.3 Å². The predicted molar refractivity (Wildman–Crippen MR) is 81.3 cm³/mol. The summed E-state index contributed by atoms with van der Waals surface area (Å²) in [5, 5.41) is 4.99. The molecule has 0 radical (unpaired) electrons. The molecule has 3 heterocycles. The molecule has 1 N–H and O–H groups in total. The van der Waals surface area contributed by atoms with E-state index in [0.29, 0.717) is 18.6 Å². The number of fused-ring (bicyclic) bond motifs is 1. The molecule has 2 aromatic heterocycles. The molecule has 1 aliphatic heterocycles. The molecule has 5 nitrogen and oxygen atoms in total. The van der Waals surface area contributed by atoms with E-state index < -0.39 is 18.8 Å². The number of para-hydroxylation sites is 1. The number of H-pyrrole nitrogens is 1. The highest BCUT2D eigenvalue weighted by molar-refractivity contribution is 5.93. The molecule has 1 fully saturated rings. The van der Waals surface area contributed by atoms with Crippen LogP contribution < -0.4 is 0 Å². The maximum Gasteiger partial charge on any atom is 0.408 e. The van der Waals surface area contributed by atoms with Crippen molar-refractivity contribution in [2.24, 2.45) is 0 Å². The summed E-state index contributed by atoms with van der Waals surface area (Å²) in [7, 11) is 0. The molecule has 1 saturated heterocycles. The smallest absolute Gasteiger partial charge is 0.370 e. The topological polar surface area (TPSA) is 55.7 Å². The van der Waals surface area contributed by atoms with Gasteiger partial charge in [-0.25, -0.2) is 9.67 Å². The van der Waals surface area contributed by atoms with Crippen molar-refractivity contribution in [3.63, 3.8) is 0 Å². The number of halogens is 3. The van der Waals surface area contributed by atoms with Gasteiger partial charge < -0.3 is 9.72 Å². The van der Waals surface area contributed by atoms with Crippen molar-refractivity contribution >= 4 is 10.9 Å². The van der Waals surface area contributed by atoms with Crippen LogP contribution in [0.2, 0.25) is 0 Å². The number of alkyl halides is 3. The number of benzene rings is 1. The van der Waals surface area contributed by atoms with E-state index in [4.69, 9.17) is 4.74 Å². The SMILES string of the molecule is FC(F)(F)Cn1nc(-c2c[nH]c3ccccc23)nc1[C@@H]1CCCO1. The van der Waals surface area contributed by atoms with Gasteiger partial charge in [0.2, 0.25) is 0 Å². The van der Waals surface area contributed by atoms with Gasteiger partial charge in [0, 0.05) is 29.3 Å². The van der Waals surface area contributed by atoms with Gasteiger partial charge in [0.15, 0.2) is 11.6 Å². The molecule has 8 heteroatoms. The lowest BCUT2D eigenvalue weighted by Crippen LogP contribution is -2.21. The summed E-state index contributed by atoms with van der Waals surface area (Å²) >= 11 is 0. The van der Waals surface area contributed by atoms with Gasteiger partial charge in [0.05, 0.1) is 0 Å². The molecule has 24 heavy (non-hydrogen) atoms. The van der Waals surface area contributed by atoms with E-state index in [1.54, 1.807) is 6.20 Å². The minimum absolute atomic E-state index is 0.241. The summed E-state index contributed by atoms with van der Waals surface area (Å²) in [6, 6.07) is 7.54. The van der Waals surface area contributed by atoms with E-state index in [2.05, 4.69) is 15.1 Å². The fourth-order valence-corrected chi connectivity index (χ4v) is 3.03. The number of rotatable bonds is 3. The highest BCUT2D eigenvalue weighted by Crippen LogP contribution is 2.32. The lowest BCUT2D eigenvalue weighted by Gasteiger charge is -2.12. The maximum atomic E-state index is 12.9. The number of nitrogens with one attached hydrogen (secondary N) is 1. The van der Waals surface area contributed by atoms with Crippen LogP contribution in [-0.4, -0.2) is 32.5 Å². The van der Waals surface area contributed by atoms with Crippen LogP contribution in [0.15, 0.2) is 30.5 Å². The Bertz CT molecular complexity index is 862. The second-order valence-corrected chi connectivity index (χ2v) is 5.82. The van der Waals surface area contributed by atoms with Crippen LogP contribution in [0.4, 0.5) is 13.2 Å². The van der Waals surface area contributed by atoms with Crippen molar-refractivity contribution in [1.82, 2.24) is 19.7 Å². The number of aromatic amines is 1. The Kier molecular flexibility index (Phi) is 3.56. The number of aromatic nitrogens is 4. The molecule has 0 amide bonds. The molecule has 1 aliphatic rings. The number of hydrogen-bond acceptors (Lipinski definition) is 3. The van der Waals surface area contributed by atoms with Crippen molar-refractivity contribution in [2.45, 2.75) is 31.7 Å². The Hall–Kier alpha value is -2.35. The minimum atomic E-state index is -4.36. The van der Waals surface area contributed by atoms with E-state index in [1.165, 1.54) is 0 Å². The Morgan fingerprint density at radius 2 is 2.12 bits per heavy atom. The number of ether oxygens (including phenoxy) is 1. The first kappa shape index (κ1) is 15.2. The van der Waals surface area contributed by atoms with E-state index in [0.717, 1.165) is 22.0 Å². The van der Waals surface area contributed by atoms with Gasteiger partial charge >= 0.3 is 6.18 Å². The van der Waals surface area contributed by atoms with Crippen LogP contribution in [0.5, 0.6) is 0 Å². The Morgan fingerprint density at radius 1 is 1.29 bits per heavy atom. The van der Waals surface area contributed by atoms with E-state index >= 15 is 0 Å². The van der Waals surface area contributed by atoms with Gasteiger partial charge in [-0.3, -0.25) is 0 Å². The van der Waals surface area contributed by atoms with Crippen LogP contribution in [0.25, 0.3) is 22.3 Å². The summed E-state index contributed by atoms with van der Waals surface area (Å²) in [5.74, 6) is 0.521. The molecule has 0 spiro atoms. The fraction of sp³-hybridized carbons (Fsp3) is 0.375. The molecule has 4 rings (SSSR count). The summed E-state index contributed by atoms with van der Waals surface area (Å²) in [5.41, 5.74) is 1.57. The largest absolute Gasteiger partial charge is 0.408 e.